The number of rotatable bonds is 4. The fourth-order valence-electron chi connectivity index (χ4n) is 3.04. The third-order valence-electron chi connectivity index (χ3n) is 4.33. The van der Waals surface area contributed by atoms with E-state index in [9.17, 15) is 14.4 Å². The van der Waals surface area contributed by atoms with E-state index in [1.54, 1.807) is 34.9 Å². The Morgan fingerprint density at radius 2 is 1.82 bits per heavy atom. The number of hydrogen-bond acceptors (Lipinski definition) is 3. The number of carbonyl (C=O) groups excluding carboxylic acids is 1. The predicted molar refractivity (Wildman–Crippen MR) is 104 cm³/mol. The van der Waals surface area contributed by atoms with Gasteiger partial charge < -0.3 is 5.32 Å². The number of aromatic nitrogens is 2. The van der Waals surface area contributed by atoms with E-state index in [-0.39, 0.29) is 18.1 Å². The molecular weight excluding hydrogens is 355 g/mol. The van der Waals surface area contributed by atoms with Crippen LogP contribution in [0.4, 0.5) is 10.2 Å². The molecule has 0 unspecified atom stereocenters. The lowest BCUT2D eigenvalue weighted by atomic mass is 10.1. The van der Waals surface area contributed by atoms with Crippen molar-refractivity contribution >= 4 is 17.4 Å². The topological polar surface area (TPSA) is 70.2 Å². The highest BCUT2D eigenvalue weighted by atomic mass is 19.1. The second-order valence-electron chi connectivity index (χ2n) is 6.28. The molecule has 0 fully saturated rings. The van der Waals surface area contributed by atoms with Gasteiger partial charge in [-0.05, 0) is 42.0 Å². The van der Waals surface area contributed by atoms with Gasteiger partial charge in [-0.3, -0.25) is 9.20 Å². The molecule has 0 bridgehead atoms. The summed E-state index contributed by atoms with van der Waals surface area (Å²) in [4.78, 5) is 17.0. The lowest BCUT2D eigenvalue weighted by molar-refractivity contribution is -0.115. The smallest absolute Gasteiger partial charge is 0.230 e. The highest BCUT2D eigenvalue weighted by molar-refractivity contribution is 5.95. The maximum Gasteiger partial charge on any atom is 0.230 e. The minimum Gasteiger partial charge on any atom is -0.309 e. The third-order valence-corrected chi connectivity index (χ3v) is 4.33. The number of imidazole rings is 1. The Morgan fingerprint density at radius 1 is 1.07 bits per heavy atom. The number of nitriles is 1. The SMILES string of the molecule is N#Cc1ccc2nc(NC(=O)Cc3ccccc3)c(-c3ccc(F)cc3)n2c1. The summed E-state index contributed by atoms with van der Waals surface area (Å²) in [5, 5.41) is 12.1. The first kappa shape index (κ1) is 17.4. The van der Waals surface area contributed by atoms with Crippen molar-refractivity contribution in [2.24, 2.45) is 0 Å². The number of carbonyl (C=O) groups is 1. The van der Waals surface area contributed by atoms with Crippen LogP contribution in [0.1, 0.15) is 11.1 Å². The van der Waals surface area contributed by atoms with Crippen LogP contribution >= 0.6 is 0 Å². The van der Waals surface area contributed by atoms with Crippen molar-refractivity contribution in [3.8, 4) is 17.3 Å². The molecule has 5 nitrogen and oxygen atoms in total. The largest absolute Gasteiger partial charge is 0.309 e. The van der Waals surface area contributed by atoms with E-state index in [4.69, 9.17) is 0 Å². The van der Waals surface area contributed by atoms with E-state index >= 15 is 0 Å². The van der Waals surface area contributed by atoms with Crippen LogP contribution in [0.15, 0.2) is 72.9 Å². The van der Waals surface area contributed by atoms with Gasteiger partial charge in [0.05, 0.1) is 17.7 Å². The van der Waals surface area contributed by atoms with Crippen LogP contribution < -0.4 is 5.32 Å². The fourth-order valence-corrected chi connectivity index (χ4v) is 3.04. The van der Waals surface area contributed by atoms with Crippen molar-refractivity contribution in [1.29, 1.82) is 5.26 Å². The third kappa shape index (κ3) is 3.46. The van der Waals surface area contributed by atoms with Gasteiger partial charge in [0.15, 0.2) is 5.82 Å². The second kappa shape index (κ2) is 7.33. The molecule has 2 aromatic heterocycles. The van der Waals surface area contributed by atoms with Crippen molar-refractivity contribution in [3.05, 3.63) is 89.9 Å². The molecule has 0 aliphatic heterocycles. The summed E-state index contributed by atoms with van der Waals surface area (Å²) < 4.78 is 15.1. The number of halogens is 1. The quantitative estimate of drug-likeness (QED) is 0.585. The molecule has 1 N–H and O–H groups in total. The number of pyridine rings is 1. The van der Waals surface area contributed by atoms with Crippen molar-refractivity contribution in [2.75, 3.05) is 5.32 Å². The van der Waals surface area contributed by atoms with Gasteiger partial charge in [-0.2, -0.15) is 5.26 Å². The van der Waals surface area contributed by atoms with Crippen LogP contribution in [-0.2, 0) is 11.2 Å². The van der Waals surface area contributed by atoms with Gasteiger partial charge in [-0.1, -0.05) is 30.3 Å². The van der Waals surface area contributed by atoms with E-state index in [2.05, 4.69) is 16.4 Å². The number of benzene rings is 2. The minimum absolute atomic E-state index is 0.209. The first-order valence-electron chi connectivity index (χ1n) is 8.66. The molecule has 136 valence electrons. The number of anilines is 1. The van der Waals surface area contributed by atoms with E-state index in [0.717, 1.165) is 5.56 Å². The predicted octanol–water partition coefficient (Wildman–Crippen LogP) is 4.19. The van der Waals surface area contributed by atoms with Crippen LogP contribution in [-0.4, -0.2) is 15.3 Å². The molecule has 2 aromatic carbocycles. The van der Waals surface area contributed by atoms with Crippen LogP contribution in [0.5, 0.6) is 0 Å². The number of fused-ring (bicyclic) bond motifs is 1. The number of nitrogens with one attached hydrogen (secondary N) is 1. The van der Waals surface area contributed by atoms with Gasteiger partial charge in [0, 0.05) is 11.8 Å². The molecule has 6 heteroatoms. The zero-order valence-electron chi connectivity index (χ0n) is 14.8. The van der Waals surface area contributed by atoms with Gasteiger partial charge in [-0.15, -0.1) is 0 Å². The molecule has 0 aliphatic carbocycles. The van der Waals surface area contributed by atoms with E-state index in [1.807, 2.05) is 30.3 Å². The molecule has 0 atom stereocenters. The molecule has 28 heavy (non-hydrogen) atoms. The van der Waals surface area contributed by atoms with E-state index in [1.165, 1.54) is 12.1 Å². The average Bonchev–Trinajstić information content (AvgIpc) is 3.06. The summed E-state index contributed by atoms with van der Waals surface area (Å²) in [5.41, 5.74) is 3.19. The lowest BCUT2D eigenvalue weighted by Gasteiger charge is -2.07. The average molecular weight is 370 g/mol. The Balaban J connectivity index is 1.76. The molecule has 4 rings (SSSR count). The van der Waals surface area contributed by atoms with Crippen molar-refractivity contribution in [1.82, 2.24) is 9.38 Å². The molecule has 0 saturated carbocycles. The zero-order chi connectivity index (χ0) is 19.5. The van der Waals surface area contributed by atoms with Crippen LogP contribution in [0.3, 0.4) is 0 Å². The highest BCUT2D eigenvalue weighted by Gasteiger charge is 2.17. The Morgan fingerprint density at radius 3 is 2.54 bits per heavy atom. The van der Waals surface area contributed by atoms with Crippen LogP contribution in [0.2, 0.25) is 0 Å². The van der Waals surface area contributed by atoms with Gasteiger partial charge >= 0.3 is 0 Å². The molecule has 4 aromatic rings. The van der Waals surface area contributed by atoms with E-state index in [0.29, 0.717) is 28.3 Å². The van der Waals surface area contributed by atoms with Crippen LogP contribution in [0, 0.1) is 17.1 Å². The maximum atomic E-state index is 13.4. The Labute approximate surface area is 160 Å². The zero-order valence-corrected chi connectivity index (χ0v) is 14.8. The molecular formula is C22H15FN4O. The highest BCUT2D eigenvalue weighted by Crippen LogP contribution is 2.30. The van der Waals surface area contributed by atoms with E-state index < -0.39 is 0 Å². The summed E-state index contributed by atoms with van der Waals surface area (Å²) in [5.74, 6) is -0.203. The maximum absolute atomic E-state index is 13.4. The van der Waals surface area contributed by atoms with Crippen molar-refractivity contribution in [3.63, 3.8) is 0 Å². The summed E-state index contributed by atoms with van der Waals surface area (Å²) in [6.45, 7) is 0. The summed E-state index contributed by atoms with van der Waals surface area (Å²) in [6.07, 6.45) is 1.86. The summed E-state index contributed by atoms with van der Waals surface area (Å²) in [6, 6.07) is 20.8. The van der Waals surface area contributed by atoms with Gasteiger partial charge in [0.25, 0.3) is 0 Å². The van der Waals surface area contributed by atoms with Crippen LogP contribution in [0.25, 0.3) is 16.9 Å². The van der Waals surface area contributed by atoms with Gasteiger partial charge in [0.2, 0.25) is 5.91 Å². The normalized spacial score (nSPS) is 10.6. The fraction of sp³-hybridized carbons (Fsp3) is 0.0455. The molecule has 0 radical (unpaired) electrons. The standard InChI is InChI=1S/C22H15FN4O/c23-18-9-7-17(8-10-18)21-22(25-19-11-6-16(13-24)14-27(19)21)26-20(28)12-15-4-2-1-3-5-15/h1-11,14H,12H2,(H,26,28). The van der Waals surface area contributed by atoms with Crippen molar-refractivity contribution in [2.45, 2.75) is 6.42 Å². The number of amides is 1. The number of hydrogen-bond donors (Lipinski definition) is 1. The first-order valence-corrected chi connectivity index (χ1v) is 8.66. The molecule has 0 spiro atoms. The Kier molecular flexibility index (Phi) is 4.56. The molecule has 0 aliphatic rings. The lowest BCUT2D eigenvalue weighted by Crippen LogP contribution is -2.15. The number of nitrogens with zero attached hydrogens (tertiary/aromatic N) is 3. The first-order chi connectivity index (χ1) is 13.6. The Hall–Kier alpha value is -3.98. The minimum atomic E-state index is -0.357. The van der Waals surface area contributed by atoms with Gasteiger partial charge in [0.1, 0.15) is 17.5 Å². The Bertz CT molecular complexity index is 1190. The van der Waals surface area contributed by atoms with Gasteiger partial charge in [-0.25, -0.2) is 9.37 Å². The molecule has 0 saturated heterocycles. The molecule has 2 heterocycles. The molecule has 1 amide bonds. The summed E-state index contributed by atoms with van der Waals surface area (Å²) in [7, 11) is 0. The summed E-state index contributed by atoms with van der Waals surface area (Å²) >= 11 is 0. The monoisotopic (exact) mass is 370 g/mol. The second-order valence-corrected chi connectivity index (χ2v) is 6.28. The van der Waals surface area contributed by atoms with Crippen molar-refractivity contribution < 1.29 is 9.18 Å².